The van der Waals surface area contributed by atoms with E-state index in [0.717, 1.165) is 49.2 Å². The molecule has 1 spiro atoms. The van der Waals surface area contributed by atoms with Crippen molar-refractivity contribution in [1.29, 1.82) is 0 Å². The lowest BCUT2D eigenvalue weighted by Gasteiger charge is -2.44. The Morgan fingerprint density at radius 3 is 2.44 bits per heavy atom. The maximum atomic E-state index is 13.7. The Bertz CT molecular complexity index is 1140. The number of nitrogens with one attached hydrogen (secondary N) is 1. The molecule has 1 saturated heterocycles. The number of nitrogens with zero attached hydrogens (tertiary/aromatic N) is 1. The van der Waals surface area contributed by atoms with Crippen LogP contribution >= 0.6 is 0 Å². The smallest absolute Gasteiger partial charge is 0.217 e. The van der Waals surface area contributed by atoms with E-state index in [1.54, 1.807) is 19.1 Å². The number of fused-ring (bicyclic) bond motifs is 2. The van der Waals surface area contributed by atoms with Crippen LogP contribution < -0.4 is 5.32 Å². The van der Waals surface area contributed by atoms with Crippen LogP contribution in [0.4, 0.5) is 4.39 Å². The highest BCUT2D eigenvalue weighted by Crippen LogP contribution is 2.52. The number of carbonyl (C=O) groups excluding carboxylic acids is 1. The summed E-state index contributed by atoms with van der Waals surface area (Å²) in [6.07, 6.45) is 1.70. The number of carbonyl (C=O) groups is 1. The van der Waals surface area contributed by atoms with Gasteiger partial charge in [0.25, 0.3) is 0 Å². The van der Waals surface area contributed by atoms with Crippen LogP contribution in [-0.2, 0) is 28.1 Å². The van der Waals surface area contributed by atoms with E-state index in [-0.39, 0.29) is 29.3 Å². The molecule has 3 aromatic carbocycles. The largest absolute Gasteiger partial charge is 0.370 e. The predicted molar refractivity (Wildman–Crippen MR) is 131 cm³/mol. The SMILES string of the molecule is CC(=O)N[C@@H]1c2ccccc2C2(CCN(Cc3cccc(F)c3)CC2)[C@H]1OCc1ccccc1. The molecule has 1 N–H and O–H groups in total. The average molecular weight is 459 g/mol. The van der Waals surface area contributed by atoms with Gasteiger partial charge in [-0.3, -0.25) is 9.69 Å². The predicted octanol–water partition coefficient (Wildman–Crippen LogP) is 5.14. The van der Waals surface area contributed by atoms with Crippen molar-refractivity contribution < 1.29 is 13.9 Å². The Kier molecular flexibility index (Phi) is 6.48. The molecule has 0 radical (unpaired) electrons. The number of amides is 1. The Labute approximate surface area is 200 Å². The molecule has 1 aliphatic carbocycles. The summed E-state index contributed by atoms with van der Waals surface area (Å²) in [4.78, 5) is 14.6. The van der Waals surface area contributed by atoms with Crippen LogP contribution in [0.1, 0.15) is 48.1 Å². The van der Waals surface area contributed by atoms with E-state index in [1.807, 2.05) is 30.3 Å². The zero-order valence-corrected chi connectivity index (χ0v) is 19.5. The Balaban J connectivity index is 1.41. The Hall–Kier alpha value is -3.02. The maximum Gasteiger partial charge on any atom is 0.217 e. The summed E-state index contributed by atoms with van der Waals surface area (Å²) in [6, 6.07) is 25.3. The van der Waals surface area contributed by atoms with E-state index in [4.69, 9.17) is 4.74 Å². The molecule has 176 valence electrons. The monoisotopic (exact) mass is 458 g/mol. The minimum Gasteiger partial charge on any atom is -0.370 e. The topological polar surface area (TPSA) is 41.6 Å². The first-order valence-electron chi connectivity index (χ1n) is 12.0. The van der Waals surface area contributed by atoms with Gasteiger partial charge in [0.2, 0.25) is 5.91 Å². The van der Waals surface area contributed by atoms with Crippen LogP contribution in [-0.4, -0.2) is 30.0 Å². The fourth-order valence-electron chi connectivity index (χ4n) is 5.80. The number of hydrogen-bond acceptors (Lipinski definition) is 3. The average Bonchev–Trinajstić information content (AvgIpc) is 3.08. The third-order valence-electron chi connectivity index (χ3n) is 7.35. The van der Waals surface area contributed by atoms with Crippen molar-refractivity contribution in [3.63, 3.8) is 0 Å². The molecular formula is C29H31FN2O2. The summed E-state index contributed by atoms with van der Waals surface area (Å²) in [5, 5.41) is 3.19. The molecule has 0 unspecified atom stereocenters. The van der Waals surface area contributed by atoms with Gasteiger partial charge in [-0.05, 0) is 60.3 Å². The minimum atomic E-state index is -0.191. The summed E-state index contributed by atoms with van der Waals surface area (Å²) >= 11 is 0. The molecule has 5 rings (SSSR count). The summed E-state index contributed by atoms with van der Waals surface area (Å²) in [5.74, 6) is -0.239. The van der Waals surface area contributed by atoms with E-state index in [2.05, 4.69) is 40.5 Å². The molecule has 4 nitrogen and oxygen atoms in total. The van der Waals surface area contributed by atoms with Gasteiger partial charge in [0.15, 0.2) is 0 Å². The van der Waals surface area contributed by atoms with Gasteiger partial charge in [0, 0.05) is 18.9 Å². The van der Waals surface area contributed by atoms with E-state index in [9.17, 15) is 9.18 Å². The normalized spacial score (nSPS) is 21.4. The molecular weight excluding hydrogens is 427 g/mol. The third-order valence-corrected chi connectivity index (χ3v) is 7.35. The number of ether oxygens (including phenoxy) is 1. The number of hydrogen-bond donors (Lipinski definition) is 1. The van der Waals surface area contributed by atoms with Crippen molar-refractivity contribution in [2.45, 2.75) is 50.5 Å². The molecule has 0 bridgehead atoms. The molecule has 1 aliphatic heterocycles. The fourth-order valence-corrected chi connectivity index (χ4v) is 5.80. The lowest BCUT2D eigenvalue weighted by molar-refractivity contribution is -0.122. The van der Waals surface area contributed by atoms with Crippen molar-refractivity contribution >= 4 is 5.91 Å². The first-order chi connectivity index (χ1) is 16.5. The van der Waals surface area contributed by atoms with Crippen LogP contribution in [0.5, 0.6) is 0 Å². The van der Waals surface area contributed by atoms with Crippen molar-refractivity contribution in [1.82, 2.24) is 10.2 Å². The van der Waals surface area contributed by atoms with Gasteiger partial charge in [0.05, 0.1) is 18.8 Å². The van der Waals surface area contributed by atoms with Crippen LogP contribution in [0.3, 0.4) is 0 Å². The highest BCUT2D eigenvalue weighted by molar-refractivity contribution is 5.74. The number of likely N-dealkylation sites (tertiary alicyclic amines) is 1. The first-order valence-corrected chi connectivity index (χ1v) is 12.0. The molecule has 2 atom stereocenters. The van der Waals surface area contributed by atoms with E-state index >= 15 is 0 Å². The molecule has 5 heteroatoms. The number of halogens is 1. The second-order valence-electron chi connectivity index (χ2n) is 9.54. The molecule has 1 amide bonds. The molecule has 2 aliphatic rings. The van der Waals surface area contributed by atoms with Crippen LogP contribution in [0.25, 0.3) is 0 Å². The first kappa shape index (κ1) is 22.8. The lowest BCUT2D eigenvalue weighted by atomic mass is 9.71. The second-order valence-corrected chi connectivity index (χ2v) is 9.54. The van der Waals surface area contributed by atoms with E-state index in [0.29, 0.717) is 6.61 Å². The fraction of sp³-hybridized carbons (Fsp3) is 0.345. The quantitative estimate of drug-likeness (QED) is 0.556. The Morgan fingerprint density at radius 2 is 1.71 bits per heavy atom. The van der Waals surface area contributed by atoms with Gasteiger partial charge in [-0.2, -0.15) is 0 Å². The highest BCUT2D eigenvalue weighted by Gasteiger charge is 2.54. The summed E-state index contributed by atoms with van der Waals surface area (Å²) in [5.41, 5.74) is 4.40. The van der Waals surface area contributed by atoms with Crippen molar-refractivity contribution in [3.05, 3.63) is 107 Å². The molecule has 1 heterocycles. The van der Waals surface area contributed by atoms with E-state index < -0.39 is 0 Å². The van der Waals surface area contributed by atoms with Crippen LogP contribution in [0.15, 0.2) is 78.9 Å². The second kappa shape index (κ2) is 9.69. The molecule has 3 aromatic rings. The van der Waals surface area contributed by atoms with Gasteiger partial charge in [0.1, 0.15) is 5.82 Å². The standard InChI is InChI=1S/C29H31FN2O2/c1-21(33)31-27-25-12-5-6-13-26(25)29(28(27)34-20-22-8-3-2-4-9-22)14-16-32(17-15-29)19-23-10-7-11-24(30)18-23/h2-13,18,27-28H,14-17,19-20H2,1H3,(H,31,33)/t27-,28+/m1/s1. The zero-order valence-electron chi connectivity index (χ0n) is 19.5. The minimum absolute atomic E-state index is 0.0475. The molecule has 0 aromatic heterocycles. The maximum absolute atomic E-state index is 13.7. The van der Waals surface area contributed by atoms with Crippen molar-refractivity contribution in [3.8, 4) is 0 Å². The van der Waals surface area contributed by atoms with Crippen LogP contribution in [0.2, 0.25) is 0 Å². The Morgan fingerprint density at radius 1 is 1.00 bits per heavy atom. The van der Waals surface area contributed by atoms with Gasteiger partial charge in [-0.1, -0.05) is 66.7 Å². The van der Waals surface area contributed by atoms with Gasteiger partial charge >= 0.3 is 0 Å². The summed E-state index contributed by atoms with van der Waals surface area (Å²) in [7, 11) is 0. The van der Waals surface area contributed by atoms with Gasteiger partial charge in [-0.15, -0.1) is 0 Å². The van der Waals surface area contributed by atoms with Gasteiger partial charge in [-0.25, -0.2) is 4.39 Å². The summed E-state index contributed by atoms with van der Waals surface area (Å²) in [6.45, 7) is 4.60. The molecule has 0 saturated carbocycles. The number of rotatable bonds is 6. The number of benzene rings is 3. The van der Waals surface area contributed by atoms with E-state index in [1.165, 1.54) is 11.6 Å². The van der Waals surface area contributed by atoms with Crippen molar-refractivity contribution in [2.24, 2.45) is 0 Å². The zero-order chi connectivity index (χ0) is 23.5. The number of piperidine rings is 1. The lowest BCUT2D eigenvalue weighted by Crippen LogP contribution is -2.50. The molecule has 34 heavy (non-hydrogen) atoms. The van der Waals surface area contributed by atoms with Gasteiger partial charge < -0.3 is 10.1 Å². The highest BCUT2D eigenvalue weighted by atomic mass is 19.1. The molecule has 1 fully saturated rings. The van der Waals surface area contributed by atoms with Crippen molar-refractivity contribution in [2.75, 3.05) is 13.1 Å². The van der Waals surface area contributed by atoms with Crippen LogP contribution in [0, 0.1) is 5.82 Å². The third kappa shape index (κ3) is 4.50. The summed E-state index contributed by atoms with van der Waals surface area (Å²) < 4.78 is 20.3.